The Bertz CT molecular complexity index is 351. The normalized spacial score (nSPS) is 25.0. The molecular formula is C14H25N3S. The molecule has 1 aliphatic carbocycles. The summed E-state index contributed by atoms with van der Waals surface area (Å²) >= 11 is 2.01. The van der Waals surface area contributed by atoms with Crippen LogP contribution in [-0.4, -0.2) is 27.6 Å². The second-order valence-electron chi connectivity index (χ2n) is 5.20. The standard InChI is InChI=1S/C14H25N3S/c1-3-9-15-13-7-5-4-6-8-14(13)18-12-10-16-17(2)11-12/h10-11,13-15H,3-9H2,1-2H3. The van der Waals surface area contributed by atoms with E-state index < -0.39 is 0 Å². The van der Waals surface area contributed by atoms with Gasteiger partial charge in [0.2, 0.25) is 0 Å². The Morgan fingerprint density at radius 1 is 1.39 bits per heavy atom. The van der Waals surface area contributed by atoms with E-state index in [1.165, 1.54) is 43.4 Å². The zero-order valence-corrected chi connectivity index (χ0v) is 12.4. The number of hydrogen-bond donors (Lipinski definition) is 1. The third-order valence-electron chi connectivity index (χ3n) is 3.58. The van der Waals surface area contributed by atoms with Gasteiger partial charge in [-0.1, -0.05) is 26.2 Å². The second kappa shape index (κ2) is 7.19. The maximum atomic E-state index is 4.27. The van der Waals surface area contributed by atoms with Gasteiger partial charge in [0.15, 0.2) is 0 Å². The molecule has 4 heteroatoms. The third kappa shape index (κ3) is 4.02. The van der Waals surface area contributed by atoms with E-state index >= 15 is 0 Å². The van der Waals surface area contributed by atoms with E-state index in [4.69, 9.17) is 0 Å². The van der Waals surface area contributed by atoms with Crippen molar-refractivity contribution in [3.63, 3.8) is 0 Å². The average Bonchev–Trinajstić information content (AvgIpc) is 2.64. The lowest BCUT2D eigenvalue weighted by Crippen LogP contribution is -2.37. The number of nitrogens with zero attached hydrogens (tertiary/aromatic N) is 2. The quantitative estimate of drug-likeness (QED) is 0.831. The first-order chi connectivity index (χ1) is 8.79. The summed E-state index contributed by atoms with van der Waals surface area (Å²) in [6.07, 6.45) is 12.2. The highest BCUT2D eigenvalue weighted by atomic mass is 32.2. The number of aryl methyl sites for hydroxylation is 1. The molecular weight excluding hydrogens is 242 g/mol. The molecule has 18 heavy (non-hydrogen) atoms. The maximum absolute atomic E-state index is 4.27. The van der Waals surface area contributed by atoms with Gasteiger partial charge in [0.05, 0.1) is 6.20 Å². The molecule has 102 valence electrons. The molecule has 0 amide bonds. The van der Waals surface area contributed by atoms with Gasteiger partial charge in [-0.2, -0.15) is 5.10 Å². The van der Waals surface area contributed by atoms with Crippen molar-refractivity contribution < 1.29 is 0 Å². The van der Waals surface area contributed by atoms with Crippen LogP contribution in [-0.2, 0) is 7.05 Å². The van der Waals surface area contributed by atoms with E-state index in [2.05, 4.69) is 23.5 Å². The van der Waals surface area contributed by atoms with Gasteiger partial charge < -0.3 is 5.32 Å². The van der Waals surface area contributed by atoms with Crippen molar-refractivity contribution in [2.45, 2.75) is 61.6 Å². The van der Waals surface area contributed by atoms with E-state index in [0.29, 0.717) is 11.3 Å². The van der Waals surface area contributed by atoms with Gasteiger partial charge in [0.1, 0.15) is 0 Å². The molecule has 1 heterocycles. The summed E-state index contributed by atoms with van der Waals surface area (Å²) < 4.78 is 1.90. The lowest BCUT2D eigenvalue weighted by molar-refractivity contribution is 0.470. The first kappa shape index (κ1) is 13.9. The lowest BCUT2D eigenvalue weighted by atomic mass is 10.1. The Kier molecular flexibility index (Phi) is 5.57. The first-order valence-corrected chi connectivity index (χ1v) is 8.06. The van der Waals surface area contributed by atoms with Gasteiger partial charge in [-0.15, -0.1) is 11.8 Å². The van der Waals surface area contributed by atoms with Crippen LogP contribution in [0, 0.1) is 0 Å². The molecule has 0 spiro atoms. The molecule has 1 aromatic heterocycles. The van der Waals surface area contributed by atoms with Crippen LogP contribution in [0.3, 0.4) is 0 Å². The van der Waals surface area contributed by atoms with Crippen LogP contribution < -0.4 is 5.32 Å². The second-order valence-corrected chi connectivity index (χ2v) is 6.52. The molecule has 1 N–H and O–H groups in total. The largest absolute Gasteiger partial charge is 0.313 e. The average molecular weight is 267 g/mol. The summed E-state index contributed by atoms with van der Waals surface area (Å²) in [6.45, 7) is 3.39. The van der Waals surface area contributed by atoms with Gasteiger partial charge in [-0.25, -0.2) is 0 Å². The number of hydrogen-bond acceptors (Lipinski definition) is 3. The van der Waals surface area contributed by atoms with Crippen molar-refractivity contribution in [2.75, 3.05) is 6.54 Å². The molecule has 2 atom stereocenters. The molecule has 1 aromatic rings. The van der Waals surface area contributed by atoms with Crippen molar-refractivity contribution in [2.24, 2.45) is 7.05 Å². The number of aromatic nitrogens is 2. The summed E-state index contributed by atoms with van der Waals surface area (Å²) in [5.41, 5.74) is 0. The minimum absolute atomic E-state index is 0.678. The fourth-order valence-electron chi connectivity index (χ4n) is 2.61. The van der Waals surface area contributed by atoms with Gasteiger partial charge in [0, 0.05) is 29.4 Å². The number of thioether (sulfide) groups is 1. The topological polar surface area (TPSA) is 29.9 Å². The highest BCUT2D eigenvalue weighted by Gasteiger charge is 2.24. The minimum Gasteiger partial charge on any atom is -0.313 e. The molecule has 0 aliphatic heterocycles. The SMILES string of the molecule is CCCNC1CCCCCC1Sc1cnn(C)c1. The summed E-state index contributed by atoms with van der Waals surface area (Å²) in [7, 11) is 1.99. The van der Waals surface area contributed by atoms with Crippen LogP contribution in [0.1, 0.15) is 45.4 Å². The molecule has 1 aliphatic rings. The Labute approximate surface area is 115 Å². The van der Waals surface area contributed by atoms with Crippen molar-refractivity contribution in [1.29, 1.82) is 0 Å². The summed E-state index contributed by atoms with van der Waals surface area (Å²) in [4.78, 5) is 1.31. The smallest absolute Gasteiger partial charge is 0.0625 e. The Morgan fingerprint density at radius 2 is 2.22 bits per heavy atom. The Morgan fingerprint density at radius 3 is 2.94 bits per heavy atom. The molecule has 1 fully saturated rings. The molecule has 2 rings (SSSR count). The lowest BCUT2D eigenvalue weighted by Gasteiger charge is -2.25. The van der Waals surface area contributed by atoms with Crippen LogP contribution in [0.25, 0.3) is 0 Å². The summed E-state index contributed by atoms with van der Waals surface area (Å²) in [5, 5.41) is 8.72. The van der Waals surface area contributed by atoms with E-state index in [1.807, 2.05) is 29.7 Å². The maximum Gasteiger partial charge on any atom is 0.0625 e. The zero-order chi connectivity index (χ0) is 12.8. The minimum atomic E-state index is 0.678. The molecule has 3 nitrogen and oxygen atoms in total. The Hall–Kier alpha value is -0.480. The molecule has 2 unspecified atom stereocenters. The van der Waals surface area contributed by atoms with E-state index in [-0.39, 0.29) is 0 Å². The third-order valence-corrected chi connectivity index (χ3v) is 4.93. The van der Waals surface area contributed by atoms with Crippen molar-refractivity contribution in [3.8, 4) is 0 Å². The number of rotatable bonds is 5. The van der Waals surface area contributed by atoms with E-state index in [9.17, 15) is 0 Å². The van der Waals surface area contributed by atoms with Gasteiger partial charge >= 0.3 is 0 Å². The van der Waals surface area contributed by atoms with Crippen LogP contribution in [0.15, 0.2) is 17.3 Å². The zero-order valence-electron chi connectivity index (χ0n) is 11.6. The van der Waals surface area contributed by atoms with Crippen LogP contribution in [0.5, 0.6) is 0 Å². The molecule has 0 bridgehead atoms. The summed E-state index contributed by atoms with van der Waals surface area (Å²) in [6, 6.07) is 0.678. The molecule has 0 radical (unpaired) electrons. The van der Waals surface area contributed by atoms with E-state index in [0.717, 1.165) is 6.54 Å². The van der Waals surface area contributed by atoms with Crippen molar-refractivity contribution >= 4 is 11.8 Å². The number of nitrogens with one attached hydrogen (secondary N) is 1. The van der Waals surface area contributed by atoms with Gasteiger partial charge in [-0.3, -0.25) is 4.68 Å². The molecule has 1 saturated carbocycles. The fraction of sp³-hybridized carbons (Fsp3) is 0.786. The van der Waals surface area contributed by atoms with Gasteiger partial charge in [-0.05, 0) is 25.8 Å². The first-order valence-electron chi connectivity index (χ1n) is 7.18. The Balaban J connectivity index is 1.96. The molecule has 0 aromatic carbocycles. The van der Waals surface area contributed by atoms with Crippen LogP contribution >= 0.6 is 11.8 Å². The van der Waals surface area contributed by atoms with Crippen molar-refractivity contribution in [3.05, 3.63) is 12.4 Å². The van der Waals surface area contributed by atoms with Crippen LogP contribution in [0.2, 0.25) is 0 Å². The summed E-state index contributed by atoms with van der Waals surface area (Å²) in [5.74, 6) is 0. The fourth-order valence-corrected chi connectivity index (χ4v) is 3.96. The predicted octanol–water partition coefficient (Wildman–Crippen LogP) is 3.21. The monoisotopic (exact) mass is 267 g/mol. The molecule has 0 saturated heterocycles. The highest BCUT2D eigenvalue weighted by Crippen LogP contribution is 2.32. The van der Waals surface area contributed by atoms with Gasteiger partial charge in [0.25, 0.3) is 0 Å². The van der Waals surface area contributed by atoms with E-state index in [1.54, 1.807) is 0 Å². The predicted molar refractivity (Wildman–Crippen MR) is 78.0 cm³/mol. The highest BCUT2D eigenvalue weighted by molar-refractivity contribution is 8.00. The van der Waals surface area contributed by atoms with Crippen LogP contribution in [0.4, 0.5) is 0 Å². The van der Waals surface area contributed by atoms with Crippen molar-refractivity contribution in [1.82, 2.24) is 15.1 Å².